The van der Waals surface area contributed by atoms with Gasteiger partial charge in [-0.05, 0) is 18.2 Å². The van der Waals surface area contributed by atoms with Gasteiger partial charge in [-0.15, -0.1) is 0 Å². The molecule has 5 nitrogen and oxygen atoms in total. The van der Waals surface area contributed by atoms with E-state index in [0.29, 0.717) is 5.75 Å². The van der Waals surface area contributed by atoms with Crippen LogP contribution in [-0.4, -0.2) is 17.6 Å². The van der Waals surface area contributed by atoms with Crippen LogP contribution >= 0.6 is 0 Å². The van der Waals surface area contributed by atoms with Gasteiger partial charge in [0.15, 0.2) is 5.84 Å². The summed E-state index contributed by atoms with van der Waals surface area (Å²) < 4.78 is 10.3. The molecule has 0 spiro atoms. The molecule has 0 amide bonds. The SMILES string of the molecule is N/C(COc1ccc2cocc2c1)=N/O. The summed E-state index contributed by atoms with van der Waals surface area (Å²) in [4.78, 5) is 0. The Morgan fingerprint density at radius 3 is 3.00 bits per heavy atom. The second kappa shape index (κ2) is 3.91. The van der Waals surface area contributed by atoms with Crippen LogP contribution in [0.25, 0.3) is 10.8 Å². The molecule has 3 N–H and O–H groups in total. The number of hydrogen-bond acceptors (Lipinski definition) is 4. The van der Waals surface area contributed by atoms with E-state index >= 15 is 0 Å². The summed E-state index contributed by atoms with van der Waals surface area (Å²) >= 11 is 0. The fraction of sp³-hybridized carbons (Fsp3) is 0.100. The van der Waals surface area contributed by atoms with Crippen LogP contribution in [0.3, 0.4) is 0 Å². The summed E-state index contributed by atoms with van der Waals surface area (Å²) in [6.45, 7) is 0.0554. The molecule has 0 saturated heterocycles. The van der Waals surface area contributed by atoms with Gasteiger partial charge in [0.25, 0.3) is 0 Å². The Labute approximate surface area is 85.7 Å². The second-order valence-electron chi connectivity index (χ2n) is 3.04. The highest BCUT2D eigenvalue weighted by molar-refractivity contribution is 5.83. The van der Waals surface area contributed by atoms with Crippen molar-refractivity contribution in [2.45, 2.75) is 0 Å². The van der Waals surface area contributed by atoms with Gasteiger partial charge in [-0.1, -0.05) is 5.16 Å². The van der Waals surface area contributed by atoms with Gasteiger partial charge in [0.05, 0.1) is 12.5 Å². The zero-order valence-corrected chi connectivity index (χ0v) is 7.88. The number of fused-ring (bicyclic) bond motifs is 1. The van der Waals surface area contributed by atoms with Crippen molar-refractivity contribution < 1.29 is 14.4 Å². The molecule has 0 fully saturated rings. The van der Waals surface area contributed by atoms with Gasteiger partial charge in [0.1, 0.15) is 12.4 Å². The van der Waals surface area contributed by atoms with Gasteiger partial charge in [0, 0.05) is 10.8 Å². The first-order valence-corrected chi connectivity index (χ1v) is 4.35. The molecule has 2 rings (SSSR count). The number of amidine groups is 1. The van der Waals surface area contributed by atoms with Crippen molar-refractivity contribution in [3.8, 4) is 5.75 Å². The minimum atomic E-state index is 0.0299. The lowest BCUT2D eigenvalue weighted by atomic mass is 10.2. The number of oxime groups is 1. The van der Waals surface area contributed by atoms with Gasteiger partial charge in [-0.3, -0.25) is 0 Å². The highest BCUT2D eigenvalue weighted by Gasteiger charge is 2.00. The standard InChI is InChI=1S/C10H10N2O3/c11-10(12-13)6-15-9-2-1-7-4-14-5-8(7)3-9/h1-5,13H,6H2,(H2,11,12). The number of nitrogens with two attached hydrogens (primary N) is 1. The molecule has 1 heterocycles. The van der Waals surface area contributed by atoms with Crippen LogP contribution in [-0.2, 0) is 0 Å². The van der Waals surface area contributed by atoms with Crippen molar-refractivity contribution in [1.29, 1.82) is 0 Å². The molecule has 5 heteroatoms. The second-order valence-corrected chi connectivity index (χ2v) is 3.04. The van der Waals surface area contributed by atoms with Gasteiger partial charge in [0.2, 0.25) is 0 Å². The molecule has 1 aromatic heterocycles. The number of rotatable bonds is 3. The highest BCUT2D eigenvalue weighted by Crippen LogP contribution is 2.21. The molecular weight excluding hydrogens is 196 g/mol. The zero-order chi connectivity index (χ0) is 10.7. The van der Waals surface area contributed by atoms with Crippen molar-refractivity contribution in [2.24, 2.45) is 10.9 Å². The number of nitrogens with zero attached hydrogens (tertiary/aromatic N) is 1. The van der Waals surface area contributed by atoms with Crippen molar-refractivity contribution >= 4 is 16.6 Å². The Balaban J connectivity index is 2.14. The molecule has 15 heavy (non-hydrogen) atoms. The first-order chi connectivity index (χ1) is 7.29. The average Bonchev–Trinajstić information content (AvgIpc) is 2.72. The van der Waals surface area contributed by atoms with Crippen molar-refractivity contribution in [3.05, 3.63) is 30.7 Å². The van der Waals surface area contributed by atoms with E-state index in [-0.39, 0.29) is 12.4 Å². The summed E-state index contributed by atoms with van der Waals surface area (Å²) in [7, 11) is 0. The zero-order valence-electron chi connectivity index (χ0n) is 7.88. The van der Waals surface area contributed by atoms with Gasteiger partial charge in [-0.25, -0.2) is 0 Å². The Morgan fingerprint density at radius 1 is 1.40 bits per heavy atom. The fourth-order valence-corrected chi connectivity index (χ4v) is 1.22. The molecule has 0 aliphatic rings. The number of benzene rings is 1. The predicted molar refractivity (Wildman–Crippen MR) is 55.1 cm³/mol. The Morgan fingerprint density at radius 2 is 2.20 bits per heavy atom. The van der Waals surface area contributed by atoms with Crippen LogP contribution in [0.15, 0.2) is 40.3 Å². The normalized spacial score (nSPS) is 11.9. The van der Waals surface area contributed by atoms with E-state index < -0.39 is 0 Å². The van der Waals surface area contributed by atoms with E-state index in [1.165, 1.54) is 0 Å². The molecule has 78 valence electrons. The Kier molecular flexibility index (Phi) is 2.45. The monoisotopic (exact) mass is 206 g/mol. The maximum Gasteiger partial charge on any atom is 0.177 e. The van der Waals surface area contributed by atoms with E-state index in [2.05, 4.69) is 5.16 Å². The molecule has 2 aromatic rings. The first-order valence-electron chi connectivity index (χ1n) is 4.35. The topological polar surface area (TPSA) is 81.0 Å². The van der Waals surface area contributed by atoms with E-state index in [4.69, 9.17) is 20.1 Å². The third-order valence-electron chi connectivity index (χ3n) is 1.96. The molecule has 0 aliphatic heterocycles. The van der Waals surface area contributed by atoms with Crippen molar-refractivity contribution in [1.82, 2.24) is 0 Å². The largest absolute Gasteiger partial charge is 0.486 e. The number of furan rings is 1. The maximum atomic E-state index is 8.32. The summed E-state index contributed by atoms with van der Waals surface area (Å²) in [6, 6.07) is 5.49. The fourth-order valence-electron chi connectivity index (χ4n) is 1.22. The lowest BCUT2D eigenvalue weighted by molar-refractivity contribution is 0.306. The summed E-state index contributed by atoms with van der Waals surface area (Å²) in [6.07, 6.45) is 3.29. The first kappa shape index (κ1) is 9.39. The minimum absolute atomic E-state index is 0.0299. The molecule has 0 bridgehead atoms. The van der Waals surface area contributed by atoms with Crippen LogP contribution in [0.4, 0.5) is 0 Å². The predicted octanol–water partition coefficient (Wildman–Crippen LogP) is 1.56. The third kappa shape index (κ3) is 2.01. The van der Waals surface area contributed by atoms with E-state index in [1.807, 2.05) is 12.1 Å². The molecular formula is C10H10N2O3. The molecule has 0 saturated carbocycles. The van der Waals surface area contributed by atoms with E-state index in [1.54, 1.807) is 18.6 Å². The number of hydrogen-bond donors (Lipinski definition) is 2. The van der Waals surface area contributed by atoms with Crippen LogP contribution in [0.2, 0.25) is 0 Å². The van der Waals surface area contributed by atoms with Crippen molar-refractivity contribution in [2.75, 3.05) is 6.61 Å². The maximum absolute atomic E-state index is 8.32. The Hall–Kier alpha value is -2.17. The van der Waals surface area contributed by atoms with Gasteiger partial charge in [-0.2, -0.15) is 0 Å². The molecule has 1 aromatic carbocycles. The van der Waals surface area contributed by atoms with E-state index in [9.17, 15) is 0 Å². The molecule has 0 radical (unpaired) electrons. The number of ether oxygens (including phenoxy) is 1. The average molecular weight is 206 g/mol. The molecule has 0 aliphatic carbocycles. The van der Waals surface area contributed by atoms with E-state index in [0.717, 1.165) is 10.8 Å². The minimum Gasteiger partial charge on any atom is -0.486 e. The highest BCUT2D eigenvalue weighted by atomic mass is 16.5. The van der Waals surface area contributed by atoms with Crippen LogP contribution in [0, 0.1) is 0 Å². The summed E-state index contributed by atoms with van der Waals surface area (Å²) in [5, 5.41) is 13.1. The van der Waals surface area contributed by atoms with Crippen molar-refractivity contribution in [3.63, 3.8) is 0 Å². The quantitative estimate of drug-likeness (QED) is 0.345. The van der Waals surface area contributed by atoms with Gasteiger partial charge < -0.3 is 20.1 Å². The van der Waals surface area contributed by atoms with Crippen LogP contribution in [0.1, 0.15) is 0 Å². The lowest BCUT2D eigenvalue weighted by Crippen LogP contribution is -2.20. The smallest absolute Gasteiger partial charge is 0.177 e. The van der Waals surface area contributed by atoms with Crippen LogP contribution < -0.4 is 10.5 Å². The molecule has 0 atom stereocenters. The lowest BCUT2D eigenvalue weighted by Gasteiger charge is -2.04. The summed E-state index contributed by atoms with van der Waals surface area (Å²) in [5.74, 6) is 0.679. The van der Waals surface area contributed by atoms with Crippen LogP contribution in [0.5, 0.6) is 5.75 Å². The Bertz CT molecular complexity index is 490. The summed E-state index contributed by atoms with van der Waals surface area (Å²) in [5.41, 5.74) is 5.27. The van der Waals surface area contributed by atoms with Gasteiger partial charge >= 0.3 is 0 Å². The third-order valence-corrected chi connectivity index (χ3v) is 1.96. The molecule has 0 unspecified atom stereocenters.